The fourth-order valence-electron chi connectivity index (χ4n) is 2.39. The van der Waals surface area contributed by atoms with E-state index >= 15 is 0 Å². The van der Waals surface area contributed by atoms with E-state index in [1.807, 2.05) is 29.2 Å². The van der Waals surface area contributed by atoms with Crippen LogP contribution in [0.5, 0.6) is 0 Å². The van der Waals surface area contributed by atoms with Crippen LogP contribution in [0, 0.1) is 5.92 Å². The smallest absolute Gasteiger partial charge is 0.254 e. The molecule has 0 saturated carbocycles. The molecule has 2 N–H and O–H groups in total. The van der Waals surface area contributed by atoms with Crippen LogP contribution in [0.1, 0.15) is 22.3 Å². The first-order valence-corrected chi connectivity index (χ1v) is 6.32. The van der Waals surface area contributed by atoms with Gasteiger partial charge in [-0.1, -0.05) is 18.2 Å². The van der Waals surface area contributed by atoms with Crippen LogP contribution < -0.4 is 5.73 Å². The topological polar surface area (TPSA) is 55.6 Å². The van der Waals surface area contributed by atoms with Crippen LogP contribution in [0.4, 0.5) is 0 Å². The van der Waals surface area contributed by atoms with Gasteiger partial charge in [0.1, 0.15) is 0 Å². The van der Waals surface area contributed by atoms with Crippen molar-refractivity contribution in [1.82, 2.24) is 4.90 Å². The van der Waals surface area contributed by atoms with Crippen LogP contribution in [0.3, 0.4) is 0 Å². The first-order valence-electron chi connectivity index (χ1n) is 6.32. The highest BCUT2D eigenvalue weighted by Crippen LogP contribution is 2.20. The Morgan fingerprint density at radius 3 is 2.94 bits per heavy atom. The minimum Gasteiger partial charge on any atom is -0.380 e. The van der Waals surface area contributed by atoms with Crippen LogP contribution in [0.25, 0.3) is 0 Å². The summed E-state index contributed by atoms with van der Waals surface area (Å²) in [4.78, 5) is 14.3. The first kappa shape index (κ1) is 13.1. The molecule has 1 fully saturated rings. The van der Waals surface area contributed by atoms with Crippen LogP contribution in [-0.2, 0) is 11.3 Å². The monoisotopic (exact) mass is 248 g/mol. The summed E-state index contributed by atoms with van der Waals surface area (Å²) in [5.74, 6) is 0.544. The quantitative estimate of drug-likeness (QED) is 0.872. The van der Waals surface area contributed by atoms with Crippen LogP contribution in [0.2, 0.25) is 0 Å². The molecule has 1 aliphatic heterocycles. The van der Waals surface area contributed by atoms with Crippen molar-refractivity contribution < 1.29 is 9.53 Å². The average molecular weight is 248 g/mol. The number of nitrogens with two attached hydrogens (primary N) is 1. The predicted molar refractivity (Wildman–Crippen MR) is 70.2 cm³/mol. The van der Waals surface area contributed by atoms with E-state index in [4.69, 9.17) is 10.5 Å². The molecular weight excluding hydrogens is 228 g/mol. The van der Waals surface area contributed by atoms with E-state index < -0.39 is 0 Å². The van der Waals surface area contributed by atoms with Crippen LogP contribution >= 0.6 is 0 Å². The molecular formula is C14H20N2O2. The number of hydrogen-bond acceptors (Lipinski definition) is 3. The molecule has 0 unspecified atom stereocenters. The summed E-state index contributed by atoms with van der Waals surface area (Å²) in [6.45, 7) is 2.71. The summed E-state index contributed by atoms with van der Waals surface area (Å²) < 4.78 is 5.13. The summed E-state index contributed by atoms with van der Waals surface area (Å²) in [5.41, 5.74) is 7.35. The number of nitrogens with zero attached hydrogens (tertiary/aromatic N) is 1. The van der Waals surface area contributed by atoms with E-state index in [2.05, 4.69) is 0 Å². The molecule has 1 heterocycles. The second kappa shape index (κ2) is 5.98. The highest BCUT2D eigenvalue weighted by atomic mass is 16.5. The molecule has 0 aromatic heterocycles. The maximum atomic E-state index is 12.4. The molecule has 4 nitrogen and oxygen atoms in total. The Labute approximate surface area is 108 Å². The van der Waals surface area contributed by atoms with Crippen molar-refractivity contribution in [3.63, 3.8) is 0 Å². The number of likely N-dealkylation sites (tertiary alicyclic amines) is 1. The highest BCUT2D eigenvalue weighted by Gasteiger charge is 2.26. The molecule has 0 bridgehead atoms. The van der Waals surface area contributed by atoms with Gasteiger partial charge in [0.2, 0.25) is 0 Å². The van der Waals surface area contributed by atoms with Crippen molar-refractivity contribution in [2.24, 2.45) is 11.7 Å². The number of amides is 1. The molecule has 4 heteroatoms. The molecule has 0 spiro atoms. The third kappa shape index (κ3) is 2.71. The lowest BCUT2D eigenvalue weighted by Crippen LogP contribution is -2.30. The summed E-state index contributed by atoms with van der Waals surface area (Å²) in [6.07, 6.45) is 1.01. The Balaban J connectivity index is 2.14. The number of ether oxygens (including phenoxy) is 1. The van der Waals surface area contributed by atoms with Gasteiger partial charge >= 0.3 is 0 Å². The number of carbonyl (C=O) groups is 1. The first-order chi connectivity index (χ1) is 8.76. The molecule has 98 valence electrons. The van der Waals surface area contributed by atoms with E-state index in [1.54, 1.807) is 7.11 Å². The number of rotatable bonds is 4. The molecule has 0 aliphatic carbocycles. The van der Waals surface area contributed by atoms with Crippen molar-refractivity contribution in [3.05, 3.63) is 35.4 Å². The zero-order valence-electron chi connectivity index (χ0n) is 10.8. The van der Waals surface area contributed by atoms with E-state index in [9.17, 15) is 4.79 Å². The Morgan fingerprint density at radius 2 is 2.28 bits per heavy atom. The molecule has 18 heavy (non-hydrogen) atoms. The van der Waals surface area contributed by atoms with Crippen molar-refractivity contribution in [1.29, 1.82) is 0 Å². The molecule has 1 aromatic rings. The minimum absolute atomic E-state index is 0.0959. The molecule has 1 saturated heterocycles. The molecule has 1 aliphatic rings. The van der Waals surface area contributed by atoms with Gasteiger partial charge in [-0.15, -0.1) is 0 Å². The van der Waals surface area contributed by atoms with Crippen molar-refractivity contribution in [2.75, 3.05) is 26.7 Å². The number of carbonyl (C=O) groups excluding carboxylic acids is 1. The van der Waals surface area contributed by atoms with E-state index in [-0.39, 0.29) is 5.91 Å². The van der Waals surface area contributed by atoms with Gasteiger partial charge in [-0.25, -0.2) is 0 Å². The van der Waals surface area contributed by atoms with E-state index in [0.717, 1.165) is 30.6 Å². The second-order valence-electron chi connectivity index (χ2n) is 4.73. The van der Waals surface area contributed by atoms with Gasteiger partial charge in [0.05, 0.1) is 6.61 Å². The van der Waals surface area contributed by atoms with Gasteiger partial charge in [-0.2, -0.15) is 0 Å². The Morgan fingerprint density at radius 1 is 1.50 bits per heavy atom. The highest BCUT2D eigenvalue weighted by molar-refractivity contribution is 5.95. The summed E-state index contributed by atoms with van der Waals surface area (Å²) in [5, 5.41) is 0. The maximum absolute atomic E-state index is 12.4. The third-order valence-electron chi connectivity index (χ3n) is 3.45. The number of hydrogen-bond donors (Lipinski definition) is 1. The normalized spacial score (nSPS) is 19.2. The van der Waals surface area contributed by atoms with Crippen molar-refractivity contribution in [3.8, 4) is 0 Å². The zero-order chi connectivity index (χ0) is 13.0. The average Bonchev–Trinajstić information content (AvgIpc) is 2.88. The molecule has 0 radical (unpaired) electrons. The lowest BCUT2D eigenvalue weighted by molar-refractivity contribution is 0.0782. The SMILES string of the molecule is COCc1ccccc1C(=O)N1CC[C@H](CN)C1. The van der Waals surface area contributed by atoms with Crippen LogP contribution in [0.15, 0.2) is 24.3 Å². The van der Waals surface area contributed by atoms with Gasteiger partial charge in [0, 0.05) is 25.8 Å². The Bertz CT molecular complexity index is 420. The van der Waals surface area contributed by atoms with Crippen molar-refractivity contribution >= 4 is 5.91 Å². The molecule has 1 atom stereocenters. The van der Waals surface area contributed by atoms with E-state index in [1.165, 1.54) is 0 Å². The zero-order valence-corrected chi connectivity index (χ0v) is 10.8. The van der Waals surface area contributed by atoms with E-state index in [0.29, 0.717) is 19.1 Å². The number of benzene rings is 1. The Kier molecular flexibility index (Phi) is 4.33. The summed E-state index contributed by atoms with van der Waals surface area (Å²) >= 11 is 0. The van der Waals surface area contributed by atoms with Crippen LogP contribution in [-0.4, -0.2) is 37.6 Å². The summed E-state index contributed by atoms with van der Waals surface area (Å²) in [6, 6.07) is 7.63. The van der Waals surface area contributed by atoms with Gasteiger partial charge in [0.15, 0.2) is 0 Å². The fraction of sp³-hybridized carbons (Fsp3) is 0.500. The van der Waals surface area contributed by atoms with Gasteiger partial charge in [-0.3, -0.25) is 4.79 Å². The lowest BCUT2D eigenvalue weighted by Gasteiger charge is -2.18. The fourth-order valence-corrected chi connectivity index (χ4v) is 2.39. The number of methoxy groups -OCH3 is 1. The summed E-state index contributed by atoms with van der Waals surface area (Å²) in [7, 11) is 1.64. The predicted octanol–water partition coefficient (Wildman–Crippen LogP) is 1.25. The van der Waals surface area contributed by atoms with Gasteiger partial charge in [0.25, 0.3) is 5.91 Å². The third-order valence-corrected chi connectivity index (χ3v) is 3.45. The van der Waals surface area contributed by atoms with Gasteiger partial charge < -0.3 is 15.4 Å². The van der Waals surface area contributed by atoms with Gasteiger partial charge in [-0.05, 0) is 30.5 Å². The lowest BCUT2D eigenvalue weighted by atomic mass is 10.1. The largest absolute Gasteiger partial charge is 0.380 e. The second-order valence-corrected chi connectivity index (χ2v) is 4.73. The maximum Gasteiger partial charge on any atom is 0.254 e. The Hall–Kier alpha value is -1.39. The van der Waals surface area contributed by atoms with Crippen molar-refractivity contribution in [2.45, 2.75) is 13.0 Å². The molecule has 1 aromatic carbocycles. The standard InChI is InChI=1S/C14H20N2O2/c1-18-10-12-4-2-3-5-13(12)14(17)16-7-6-11(8-15)9-16/h2-5,11H,6-10,15H2,1H3/t11-/m1/s1. The molecule has 2 rings (SSSR count). The minimum atomic E-state index is 0.0959. The molecule has 1 amide bonds.